The number of para-hydroxylation sites is 2. The fourth-order valence-electron chi connectivity index (χ4n) is 7.85. The highest BCUT2D eigenvalue weighted by Gasteiger charge is 2.19. The Morgan fingerprint density at radius 1 is 0.339 bits per heavy atom. The Hall–Kier alpha value is -7.21. The maximum Gasteiger partial charge on any atom is 0.164 e. The molecule has 262 valence electrons. The molecule has 56 heavy (non-hydrogen) atoms. The number of thiophene rings is 1. The summed E-state index contributed by atoms with van der Waals surface area (Å²) in [4.78, 5) is 15.1. The highest BCUT2D eigenvalue weighted by Crippen LogP contribution is 2.45. The van der Waals surface area contributed by atoms with E-state index in [-0.39, 0.29) is 0 Å². The molecule has 0 N–H and O–H groups in total. The summed E-state index contributed by atoms with van der Waals surface area (Å²) in [6.07, 6.45) is 0. The Labute approximate surface area is 327 Å². The van der Waals surface area contributed by atoms with Crippen molar-refractivity contribution in [2.24, 2.45) is 0 Å². The van der Waals surface area contributed by atoms with E-state index in [1.165, 1.54) is 36.9 Å². The summed E-state index contributed by atoms with van der Waals surface area (Å²) in [6.45, 7) is 0. The summed E-state index contributed by atoms with van der Waals surface area (Å²) in [5, 5.41) is 4.69. The number of rotatable bonds is 6. The van der Waals surface area contributed by atoms with Crippen molar-refractivity contribution in [3.63, 3.8) is 0 Å². The van der Waals surface area contributed by atoms with E-state index in [4.69, 9.17) is 19.4 Å². The minimum Gasteiger partial charge on any atom is -0.455 e. The maximum atomic E-state index is 6.50. The van der Waals surface area contributed by atoms with Gasteiger partial charge in [-0.15, -0.1) is 11.3 Å². The van der Waals surface area contributed by atoms with Gasteiger partial charge >= 0.3 is 0 Å². The third-order valence-electron chi connectivity index (χ3n) is 10.6. The largest absolute Gasteiger partial charge is 0.455 e. The van der Waals surface area contributed by atoms with Crippen LogP contribution in [-0.2, 0) is 0 Å². The van der Waals surface area contributed by atoms with Crippen LogP contribution >= 0.6 is 11.3 Å². The number of hydrogen-bond acceptors (Lipinski definition) is 5. The smallest absolute Gasteiger partial charge is 0.164 e. The average Bonchev–Trinajstić information content (AvgIpc) is 3.85. The maximum absolute atomic E-state index is 6.50. The Balaban J connectivity index is 1.03. The number of benzene rings is 8. The molecule has 3 heterocycles. The number of nitrogens with zero attached hydrogens (tertiary/aromatic N) is 3. The van der Waals surface area contributed by atoms with E-state index in [2.05, 4.69) is 140 Å². The van der Waals surface area contributed by atoms with Crippen LogP contribution in [0.1, 0.15) is 0 Å². The van der Waals surface area contributed by atoms with Crippen LogP contribution in [0.5, 0.6) is 0 Å². The van der Waals surface area contributed by atoms with Gasteiger partial charge in [-0.25, -0.2) is 15.0 Å². The van der Waals surface area contributed by atoms with Gasteiger partial charge in [0, 0.05) is 58.8 Å². The van der Waals surface area contributed by atoms with Gasteiger partial charge in [0.15, 0.2) is 17.5 Å². The van der Waals surface area contributed by atoms with Crippen molar-refractivity contribution in [1.29, 1.82) is 0 Å². The van der Waals surface area contributed by atoms with Crippen molar-refractivity contribution >= 4 is 53.4 Å². The first-order valence-corrected chi connectivity index (χ1v) is 19.5. The van der Waals surface area contributed by atoms with Gasteiger partial charge in [-0.1, -0.05) is 176 Å². The number of aromatic nitrogens is 3. The van der Waals surface area contributed by atoms with Crippen molar-refractivity contribution in [3.05, 3.63) is 188 Å². The lowest BCUT2D eigenvalue weighted by Crippen LogP contribution is -2.00. The van der Waals surface area contributed by atoms with E-state index >= 15 is 0 Å². The number of fused-ring (bicyclic) bond motifs is 6. The van der Waals surface area contributed by atoms with E-state index in [9.17, 15) is 0 Å². The topological polar surface area (TPSA) is 51.8 Å². The average molecular weight is 734 g/mol. The van der Waals surface area contributed by atoms with Crippen LogP contribution in [-0.4, -0.2) is 15.0 Å². The van der Waals surface area contributed by atoms with Crippen LogP contribution in [0.4, 0.5) is 0 Å². The first kappa shape index (κ1) is 32.2. The van der Waals surface area contributed by atoms with Crippen molar-refractivity contribution in [2.45, 2.75) is 0 Å². The van der Waals surface area contributed by atoms with Crippen LogP contribution in [0.2, 0.25) is 0 Å². The van der Waals surface area contributed by atoms with Gasteiger partial charge in [-0.2, -0.15) is 0 Å². The van der Waals surface area contributed by atoms with Crippen LogP contribution in [0.15, 0.2) is 192 Å². The zero-order chi connectivity index (χ0) is 37.0. The molecule has 0 saturated carbocycles. The first-order valence-electron chi connectivity index (χ1n) is 18.7. The molecule has 0 spiro atoms. The van der Waals surface area contributed by atoms with E-state index < -0.39 is 0 Å². The van der Waals surface area contributed by atoms with Crippen molar-refractivity contribution < 1.29 is 4.42 Å². The number of hydrogen-bond donors (Lipinski definition) is 0. The van der Waals surface area contributed by atoms with Crippen molar-refractivity contribution in [2.75, 3.05) is 0 Å². The molecular weight excluding hydrogens is 703 g/mol. The summed E-state index contributed by atoms with van der Waals surface area (Å²) in [7, 11) is 0. The molecule has 8 aromatic carbocycles. The molecule has 0 fully saturated rings. The number of furan rings is 1. The van der Waals surface area contributed by atoms with E-state index in [1.807, 2.05) is 59.9 Å². The van der Waals surface area contributed by atoms with Crippen LogP contribution in [0.3, 0.4) is 0 Å². The monoisotopic (exact) mass is 733 g/mol. The lowest BCUT2D eigenvalue weighted by molar-refractivity contribution is 0.670. The third kappa shape index (κ3) is 5.48. The summed E-state index contributed by atoms with van der Waals surface area (Å²) < 4.78 is 8.92. The summed E-state index contributed by atoms with van der Waals surface area (Å²) in [6, 6.07) is 65.6. The Morgan fingerprint density at radius 2 is 0.839 bits per heavy atom. The molecule has 4 nitrogen and oxygen atoms in total. The zero-order valence-electron chi connectivity index (χ0n) is 30.1. The first-order chi connectivity index (χ1) is 27.7. The molecule has 0 aliphatic carbocycles. The minimum absolute atomic E-state index is 0.642. The van der Waals surface area contributed by atoms with Gasteiger partial charge in [0.1, 0.15) is 11.2 Å². The molecule has 0 amide bonds. The van der Waals surface area contributed by atoms with Gasteiger partial charge in [0.25, 0.3) is 0 Å². The molecule has 11 aromatic rings. The second-order valence-corrected chi connectivity index (χ2v) is 15.0. The van der Waals surface area contributed by atoms with Gasteiger partial charge in [0.2, 0.25) is 0 Å². The third-order valence-corrected chi connectivity index (χ3v) is 11.8. The molecule has 0 unspecified atom stereocenters. The fraction of sp³-hybridized carbons (Fsp3) is 0. The highest BCUT2D eigenvalue weighted by atomic mass is 32.1. The molecule has 0 atom stereocenters. The standard InChI is InChI=1S/C51H31N3OS/c1-3-13-32(14-4-1)33-25-27-35(28-26-33)50-52-49(34-15-5-2-6-16-34)53-51(54-50)36-29-30-40-44-23-12-22-43(48(44)56-46(40)31-36)38-18-8-7-17-37(38)41-20-11-21-42-39-19-9-10-24-45(39)55-47(41)42/h1-31H. The molecule has 0 aliphatic rings. The normalized spacial score (nSPS) is 11.6. The van der Waals surface area contributed by atoms with E-state index in [0.717, 1.165) is 55.3 Å². The van der Waals surface area contributed by atoms with E-state index in [1.54, 1.807) is 0 Å². The van der Waals surface area contributed by atoms with Crippen LogP contribution in [0, 0.1) is 0 Å². The molecule has 0 radical (unpaired) electrons. The van der Waals surface area contributed by atoms with Crippen LogP contribution in [0.25, 0.3) is 110 Å². The lowest BCUT2D eigenvalue weighted by Gasteiger charge is -2.11. The molecule has 3 aromatic heterocycles. The second kappa shape index (κ2) is 13.3. The lowest BCUT2D eigenvalue weighted by atomic mass is 9.92. The van der Waals surface area contributed by atoms with Crippen molar-refractivity contribution in [3.8, 4) is 67.5 Å². The van der Waals surface area contributed by atoms with E-state index in [0.29, 0.717) is 17.5 Å². The minimum atomic E-state index is 0.642. The predicted molar refractivity (Wildman–Crippen MR) is 233 cm³/mol. The Bertz CT molecular complexity index is 3240. The molecule has 11 rings (SSSR count). The molecule has 0 aliphatic heterocycles. The van der Waals surface area contributed by atoms with Gasteiger partial charge in [-0.05, 0) is 34.4 Å². The summed E-state index contributed by atoms with van der Waals surface area (Å²) in [5.74, 6) is 1.93. The molecule has 5 heteroatoms. The Morgan fingerprint density at radius 3 is 1.59 bits per heavy atom. The van der Waals surface area contributed by atoms with Gasteiger partial charge in [-0.3, -0.25) is 0 Å². The SMILES string of the molecule is c1ccc(-c2ccc(-c3nc(-c4ccccc4)nc(-c4ccc5c(c4)sc4c(-c6ccccc6-c6cccc7c6oc6ccccc67)cccc45)n3)cc2)cc1. The second-order valence-electron chi connectivity index (χ2n) is 13.9. The zero-order valence-corrected chi connectivity index (χ0v) is 30.9. The van der Waals surface area contributed by atoms with Crippen molar-refractivity contribution in [1.82, 2.24) is 15.0 Å². The van der Waals surface area contributed by atoms with Crippen LogP contribution < -0.4 is 0 Å². The highest BCUT2D eigenvalue weighted by molar-refractivity contribution is 7.26. The van der Waals surface area contributed by atoms with Gasteiger partial charge in [0.05, 0.1) is 0 Å². The quantitative estimate of drug-likeness (QED) is 0.171. The summed E-state index contributed by atoms with van der Waals surface area (Å²) in [5.41, 5.74) is 11.6. The molecule has 0 bridgehead atoms. The van der Waals surface area contributed by atoms with Gasteiger partial charge < -0.3 is 4.42 Å². The molecule has 0 saturated heterocycles. The molecular formula is C51H31N3OS. The fourth-order valence-corrected chi connectivity index (χ4v) is 9.12. The Kier molecular flexibility index (Phi) is 7.64. The summed E-state index contributed by atoms with van der Waals surface area (Å²) >= 11 is 1.81. The predicted octanol–water partition coefficient (Wildman–Crippen LogP) is 14.1.